The van der Waals surface area contributed by atoms with Crippen molar-refractivity contribution in [2.75, 3.05) is 0 Å². The Balaban J connectivity index is 0. The van der Waals surface area contributed by atoms with Crippen molar-refractivity contribution >= 4 is 164 Å². The molecule has 6 rings (SSSR count). The van der Waals surface area contributed by atoms with E-state index in [9.17, 15) is 0 Å². The summed E-state index contributed by atoms with van der Waals surface area (Å²) in [6, 6.07) is 42.9. The maximum absolute atomic E-state index is 5.44. The van der Waals surface area contributed by atoms with Crippen molar-refractivity contribution in [1.82, 2.24) is 19.6 Å². The average Bonchev–Trinajstić information content (AvgIpc) is 3.32. The molecule has 0 saturated heterocycles. The second-order valence-corrected chi connectivity index (χ2v) is 20.3. The quantitative estimate of drug-likeness (QED) is 0.0678. The van der Waals surface area contributed by atoms with Crippen LogP contribution in [0.3, 0.4) is 0 Å². The first kappa shape index (κ1) is 62.9. The van der Waals surface area contributed by atoms with Crippen LogP contribution in [-0.4, -0.2) is 109 Å². The van der Waals surface area contributed by atoms with Crippen LogP contribution in [-0.2, 0) is 76.7 Å². The molecule has 14 heteroatoms. The fraction of sp³-hybridized carbons (Fsp3) is 0.423. The average molecular weight is 1250 g/mol. The number of hydrogen-bond acceptors (Lipinski definition) is 8. The van der Waals surface area contributed by atoms with E-state index in [0.717, 1.165) is 90.4 Å². The molecule has 0 spiro atoms. The molecule has 4 nitrogen and oxygen atoms in total. The Bertz CT molecular complexity index is 1660. The van der Waals surface area contributed by atoms with Crippen LogP contribution in [0.4, 0.5) is 0 Å². The van der Waals surface area contributed by atoms with Crippen molar-refractivity contribution in [3.05, 3.63) is 157 Å². The minimum absolute atomic E-state index is 0. The van der Waals surface area contributed by atoms with E-state index in [-0.39, 0.29) is 50.7 Å². The first-order valence-corrected chi connectivity index (χ1v) is 25.8. The smallest absolute Gasteiger partial charge is 0.411 e. The molecule has 6 radical (unpaired) electrons. The van der Waals surface area contributed by atoms with Gasteiger partial charge in [0.25, 0.3) is 0 Å². The monoisotopic (exact) mass is 1250 g/mol. The van der Waals surface area contributed by atoms with Gasteiger partial charge in [-0.25, -0.2) is 0 Å². The summed E-state index contributed by atoms with van der Waals surface area (Å²) in [5.41, 5.74) is 4.93. The summed E-state index contributed by atoms with van der Waals surface area (Å²) in [6.45, 7) is 14.5. The Morgan fingerprint density at radius 2 is 0.621 bits per heavy atom. The fourth-order valence-electron chi connectivity index (χ4n) is 7.90. The molecule has 0 heterocycles. The number of hydrogen-bond donors (Lipinski definition) is 0. The molecule has 4 aromatic rings. The van der Waals surface area contributed by atoms with Gasteiger partial charge in [0.1, 0.15) is 0 Å². The molecule has 4 unspecified atom stereocenters. The van der Waals surface area contributed by atoms with Gasteiger partial charge in [-0.15, -0.1) is 0 Å². The molecular weight excluding hydrogens is 1170 g/mol. The largest absolute Gasteiger partial charge is 2.00 e. The minimum atomic E-state index is 0. The van der Waals surface area contributed by atoms with Gasteiger partial charge < -0.3 is 119 Å². The zero-order valence-electron chi connectivity index (χ0n) is 38.6. The standard InChI is InChI=1S/2C22H26N2S4.2C4H9.2Sn.2H2/c2*25-21(26)23(15-17-8-3-1-4-9-17)19-12-7-13-20(14-19)24(22(27)28)16-18-10-5-2-6-11-18;2*1-3-4-2;;;;/h2*1-6,8-11,19-20H,7,12-16H2,(H,25,26)(H,27,28);2*1,3-4H2,2H3;;;2*1H/q;;;;2*+2;;/p-4. The Morgan fingerprint density at radius 1 is 0.439 bits per heavy atom. The summed E-state index contributed by atoms with van der Waals surface area (Å²) in [7, 11) is 0. The summed E-state index contributed by atoms with van der Waals surface area (Å²) in [5.74, 6) is 0. The van der Waals surface area contributed by atoms with Crippen LogP contribution < -0.4 is 0 Å². The van der Waals surface area contributed by atoms with Crippen molar-refractivity contribution < 1.29 is 2.85 Å². The van der Waals surface area contributed by atoms with Crippen LogP contribution in [0, 0.1) is 13.8 Å². The first-order chi connectivity index (χ1) is 30.9. The van der Waals surface area contributed by atoms with Crippen LogP contribution >= 0.6 is 48.9 Å². The van der Waals surface area contributed by atoms with E-state index in [4.69, 9.17) is 99.4 Å². The van der Waals surface area contributed by atoms with E-state index >= 15 is 0 Å². The zero-order valence-corrected chi connectivity index (χ0v) is 50.9. The van der Waals surface area contributed by atoms with Crippen molar-refractivity contribution in [2.24, 2.45) is 0 Å². The molecule has 4 aromatic carbocycles. The van der Waals surface area contributed by atoms with E-state index < -0.39 is 0 Å². The van der Waals surface area contributed by atoms with Gasteiger partial charge in [0.05, 0.1) is 0 Å². The van der Waals surface area contributed by atoms with Gasteiger partial charge in [-0.2, -0.15) is 0 Å². The Morgan fingerprint density at radius 3 is 0.773 bits per heavy atom. The van der Waals surface area contributed by atoms with Gasteiger partial charge >= 0.3 is 47.8 Å². The molecule has 0 bridgehead atoms. The van der Waals surface area contributed by atoms with E-state index in [0.29, 0.717) is 41.4 Å². The van der Waals surface area contributed by atoms with Crippen molar-refractivity contribution in [2.45, 2.75) is 141 Å². The van der Waals surface area contributed by atoms with Crippen LogP contribution in [0.1, 0.15) is 116 Å². The van der Waals surface area contributed by atoms with Gasteiger partial charge in [-0.05, 0) is 73.6 Å². The summed E-state index contributed by atoms with van der Waals surface area (Å²) < 4.78 is 2.19. The Labute approximate surface area is 480 Å². The molecule has 2 saturated carbocycles. The summed E-state index contributed by atoms with van der Waals surface area (Å²) in [5, 5.41) is 0. The molecule has 0 aromatic heterocycles. The number of thiocarbonyl (C=S) groups is 4. The van der Waals surface area contributed by atoms with E-state index in [2.05, 4.69) is 144 Å². The van der Waals surface area contributed by atoms with Crippen LogP contribution in [0.2, 0.25) is 0 Å². The first-order valence-electron chi connectivity index (χ1n) is 22.6. The second-order valence-electron chi connectivity index (χ2n) is 16.2. The zero-order chi connectivity index (χ0) is 46.7. The van der Waals surface area contributed by atoms with Gasteiger partial charge in [0.2, 0.25) is 0 Å². The topological polar surface area (TPSA) is 13.0 Å². The van der Waals surface area contributed by atoms with E-state index in [1.807, 2.05) is 24.3 Å². The Kier molecular flexibility index (Phi) is 35.1. The fourth-order valence-corrected chi connectivity index (χ4v) is 9.61. The predicted molar refractivity (Wildman–Crippen MR) is 316 cm³/mol. The summed E-state index contributed by atoms with van der Waals surface area (Å²) in [6.07, 6.45) is 13.2. The van der Waals surface area contributed by atoms with E-state index in [1.165, 1.54) is 35.1 Å². The molecule has 2 fully saturated rings. The van der Waals surface area contributed by atoms with Gasteiger partial charge in [-0.1, -0.05) is 192 Å². The van der Waals surface area contributed by atoms with Crippen molar-refractivity contribution in [3.8, 4) is 0 Å². The minimum Gasteiger partial charge on any atom is -0.411 e. The number of benzene rings is 4. The van der Waals surface area contributed by atoms with Crippen LogP contribution in [0.15, 0.2) is 121 Å². The number of unbranched alkanes of at least 4 members (excludes halogenated alkanes) is 2. The summed E-state index contributed by atoms with van der Waals surface area (Å²) >= 11 is 43.5. The maximum Gasteiger partial charge on any atom is 2.00 e. The van der Waals surface area contributed by atoms with E-state index in [1.54, 1.807) is 0 Å². The number of nitrogens with zero attached hydrogens (tertiary/aromatic N) is 4. The molecule has 0 N–H and O–H groups in total. The summed E-state index contributed by atoms with van der Waals surface area (Å²) in [4.78, 5) is 8.83. The van der Waals surface area contributed by atoms with Gasteiger partial charge in [0, 0.05) is 53.2 Å². The van der Waals surface area contributed by atoms with Gasteiger partial charge in [0.15, 0.2) is 0 Å². The van der Waals surface area contributed by atoms with Crippen LogP contribution in [0.25, 0.3) is 0 Å². The second kappa shape index (κ2) is 36.8. The van der Waals surface area contributed by atoms with Crippen LogP contribution in [0.5, 0.6) is 0 Å². The third-order valence-corrected chi connectivity index (χ3v) is 13.3. The molecule has 0 aliphatic heterocycles. The third kappa shape index (κ3) is 23.7. The van der Waals surface area contributed by atoms with Crippen molar-refractivity contribution in [3.63, 3.8) is 0 Å². The molecule has 2 aliphatic carbocycles. The maximum atomic E-state index is 5.44. The Hall–Kier alpha value is -1.08. The molecule has 66 heavy (non-hydrogen) atoms. The van der Waals surface area contributed by atoms with Crippen molar-refractivity contribution in [1.29, 1.82) is 0 Å². The predicted octanol–water partition coefficient (Wildman–Crippen LogP) is 12.9. The normalized spacial score (nSPS) is 17.0. The van der Waals surface area contributed by atoms with Gasteiger partial charge in [-0.3, -0.25) is 0 Å². The molecule has 354 valence electrons. The number of rotatable bonds is 14. The SMILES string of the molecule is S=C([S-])N(Cc1ccccc1)C1CCCC(N(Cc2ccccc2)C(=S)[S-])C1.S=C([S-])N(Cc1ccccc1)C1CCCC(N(Cc2ccccc2)C(=S)[S-])C1.[CH2]CCC.[CH2]CCC.[HH].[HH].[Sn+2].[Sn+2]. The molecule has 4 atom stereocenters. The molecular formula is C52H70N4S8Sn2. The molecule has 0 amide bonds. The third-order valence-electron chi connectivity index (χ3n) is 11.4. The molecule has 2 aliphatic rings.